The van der Waals surface area contributed by atoms with Gasteiger partial charge in [-0.25, -0.2) is 0 Å². The third kappa shape index (κ3) is 5.02. The minimum Gasteiger partial charge on any atom is -0.346 e. The molecule has 3 rings (SSSR count). The summed E-state index contributed by atoms with van der Waals surface area (Å²) in [7, 11) is 0. The predicted molar refractivity (Wildman–Crippen MR) is 116 cm³/mol. The first-order valence-electron chi connectivity index (χ1n) is 10.0. The number of amides is 2. The average Bonchev–Trinajstić information content (AvgIpc) is 3.10. The van der Waals surface area contributed by atoms with Gasteiger partial charge in [-0.3, -0.25) is 14.5 Å². The molecule has 3 atom stereocenters. The molecule has 1 heterocycles. The van der Waals surface area contributed by atoms with Gasteiger partial charge in [0, 0.05) is 30.7 Å². The largest absolute Gasteiger partial charge is 0.346 e. The molecule has 0 aliphatic carbocycles. The molecule has 6 heteroatoms. The highest BCUT2D eigenvalue weighted by Gasteiger charge is 2.35. The van der Waals surface area contributed by atoms with Gasteiger partial charge in [0.15, 0.2) is 0 Å². The molecule has 1 unspecified atom stereocenters. The third-order valence-corrected chi connectivity index (χ3v) is 5.72. The van der Waals surface area contributed by atoms with E-state index in [4.69, 9.17) is 5.73 Å². The smallest absolute Gasteiger partial charge is 0.243 e. The summed E-state index contributed by atoms with van der Waals surface area (Å²) in [6, 6.07) is 15.7. The van der Waals surface area contributed by atoms with Gasteiger partial charge in [-0.05, 0) is 37.5 Å². The van der Waals surface area contributed by atoms with Crippen LogP contribution in [0.1, 0.15) is 29.5 Å². The molecule has 4 N–H and O–H groups in total. The van der Waals surface area contributed by atoms with Crippen molar-refractivity contribution in [3.63, 3.8) is 0 Å². The van der Waals surface area contributed by atoms with Crippen molar-refractivity contribution in [2.75, 3.05) is 25.0 Å². The number of carbonyl (C=O) groups is 2. The summed E-state index contributed by atoms with van der Waals surface area (Å²) in [6.45, 7) is 7.08. The van der Waals surface area contributed by atoms with Crippen LogP contribution in [0, 0.1) is 13.8 Å². The number of nitrogens with zero attached hydrogens (tertiary/aromatic N) is 1. The van der Waals surface area contributed by atoms with Gasteiger partial charge in [0.2, 0.25) is 11.8 Å². The van der Waals surface area contributed by atoms with Gasteiger partial charge in [-0.1, -0.05) is 48.5 Å². The molecule has 6 nitrogen and oxygen atoms in total. The van der Waals surface area contributed by atoms with Crippen molar-refractivity contribution in [1.82, 2.24) is 10.2 Å². The molecule has 1 saturated heterocycles. The molecule has 0 radical (unpaired) electrons. The molecule has 29 heavy (non-hydrogen) atoms. The first-order chi connectivity index (χ1) is 13.9. The lowest BCUT2D eigenvalue weighted by molar-refractivity contribution is -0.127. The Morgan fingerprint density at radius 3 is 2.38 bits per heavy atom. The van der Waals surface area contributed by atoms with E-state index in [0.717, 1.165) is 23.4 Å². The van der Waals surface area contributed by atoms with Crippen LogP contribution in [0.3, 0.4) is 0 Å². The Bertz CT molecular complexity index is 848. The van der Waals surface area contributed by atoms with Gasteiger partial charge in [-0.15, -0.1) is 0 Å². The molecule has 2 aromatic rings. The summed E-state index contributed by atoms with van der Waals surface area (Å²) in [5, 5.41) is 5.64. The Labute approximate surface area is 172 Å². The maximum Gasteiger partial charge on any atom is 0.243 e. The molecule has 0 spiro atoms. The number of nitrogens with one attached hydrogen (secondary N) is 2. The quantitative estimate of drug-likeness (QED) is 0.701. The van der Waals surface area contributed by atoms with Gasteiger partial charge >= 0.3 is 0 Å². The molecular weight excluding hydrogens is 364 g/mol. The third-order valence-electron chi connectivity index (χ3n) is 5.72. The van der Waals surface area contributed by atoms with E-state index in [9.17, 15) is 9.59 Å². The molecule has 1 fully saturated rings. The van der Waals surface area contributed by atoms with Crippen LogP contribution >= 0.6 is 0 Å². The Hall–Kier alpha value is -2.70. The van der Waals surface area contributed by atoms with Gasteiger partial charge in [-0.2, -0.15) is 0 Å². The molecule has 1 aliphatic heterocycles. The summed E-state index contributed by atoms with van der Waals surface area (Å²) in [4.78, 5) is 27.0. The number of nitrogens with two attached hydrogens (primary N) is 1. The second-order valence-electron chi connectivity index (χ2n) is 7.84. The maximum atomic E-state index is 12.6. The Kier molecular flexibility index (Phi) is 6.67. The zero-order valence-electron chi connectivity index (χ0n) is 17.3. The van der Waals surface area contributed by atoms with Crippen molar-refractivity contribution in [2.45, 2.75) is 38.8 Å². The first-order valence-corrected chi connectivity index (χ1v) is 10.0. The Morgan fingerprint density at radius 2 is 1.72 bits per heavy atom. The van der Waals surface area contributed by atoms with E-state index >= 15 is 0 Å². The standard InChI is InChI=1S/C23H30N4O2/c1-15-8-7-9-16(2)22(15)26-21(28)12-25-23(29)17(3)27-13-19(20(24)14-27)18-10-5-4-6-11-18/h4-11,17,19-20H,12-14,24H2,1-3H3,(H,25,29)(H,26,28)/t17?,19-,20+/m0/s1. The van der Waals surface area contributed by atoms with Crippen LogP contribution in [-0.4, -0.2) is 48.4 Å². The van der Waals surface area contributed by atoms with Crippen LogP contribution < -0.4 is 16.4 Å². The highest BCUT2D eigenvalue weighted by atomic mass is 16.2. The van der Waals surface area contributed by atoms with Gasteiger partial charge in [0.05, 0.1) is 12.6 Å². The van der Waals surface area contributed by atoms with Crippen LogP contribution in [0.2, 0.25) is 0 Å². The number of benzene rings is 2. The van der Waals surface area contributed by atoms with E-state index < -0.39 is 0 Å². The maximum absolute atomic E-state index is 12.6. The fraction of sp³-hybridized carbons (Fsp3) is 0.391. The SMILES string of the molecule is Cc1cccc(C)c1NC(=O)CNC(=O)C(C)N1C[C@@H](N)[C@H](c2ccccc2)C1. The molecular formula is C23H30N4O2. The molecule has 0 bridgehead atoms. The molecule has 1 aliphatic rings. The van der Waals surface area contributed by atoms with Crippen LogP contribution in [-0.2, 0) is 9.59 Å². The second kappa shape index (κ2) is 9.20. The summed E-state index contributed by atoms with van der Waals surface area (Å²) in [5.74, 6) is -0.190. The Balaban J connectivity index is 1.52. The van der Waals surface area contributed by atoms with Crippen LogP contribution in [0.25, 0.3) is 0 Å². The number of rotatable bonds is 6. The van der Waals surface area contributed by atoms with Crippen molar-refractivity contribution in [3.05, 3.63) is 65.2 Å². The highest BCUT2D eigenvalue weighted by Crippen LogP contribution is 2.27. The minimum absolute atomic E-state index is 0.0139. The van der Waals surface area contributed by atoms with E-state index in [1.807, 2.05) is 57.2 Å². The highest BCUT2D eigenvalue weighted by molar-refractivity contribution is 5.96. The van der Waals surface area contributed by atoms with Gasteiger partial charge in [0.25, 0.3) is 0 Å². The fourth-order valence-corrected chi connectivity index (χ4v) is 3.91. The minimum atomic E-state index is -0.345. The molecule has 2 amide bonds. The topological polar surface area (TPSA) is 87.5 Å². The van der Waals surface area contributed by atoms with E-state index in [1.54, 1.807) is 0 Å². The van der Waals surface area contributed by atoms with E-state index in [2.05, 4.69) is 27.7 Å². The Morgan fingerprint density at radius 1 is 1.07 bits per heavy atom. The van der Waals surface area contributed by atoms with E-state index in [1.165, 1.54) is 5.56 Å². The van der Waals surface area contributed by atoms with Gasteiger partial charge in [0.1, 0.15) is 0 Å². The number of anilines is 1. The zero-order valence-corrected chi connectivity index (χ0v) is 17.3. The van der Waals surface area contributed by atoms with E-state index in [0.29, 0.717) is 6.54 Å². The number of hydrogen-bond acceptors (Lipinski definition) is 4. The zero-order chi connectivity index (χ0) is 21.0. The first kappa shape index (κ1) is 21.0. The van der Waals surface area contributed by atoms with E-state index in [-0.39, 0.29) is 36.4 Å². The number of carbonyl (C=O) groups excluding carboxylic acids is 2. The monoisotopic (exact) mass is 394 g/mol. The van der Waals surface area contributed by atoms with Crippen LogP contribution in [0.15, 0.2) is 48.5 Å². The summed E-state index contributed by atoms with van der Waals surface area (Å²) < 4.78 is 0. The average molecular weight is 395 g/mol. The summed E-state index contributed by atoms with van der Waals surface area (Å²) >= 11 is 0. The van der Waals surface area contributed by atoms with Crippen LogP contribution in [0.4, 0.5) is 5.69 Å². The number of likely N-dealkylation sites (tertiary alicyclic amines) is 1. The lowest BCUT2D eigenvalue weighted by Gasteiger charge is -2.23. The number of para-hydroxylation sites is 1. The van der Waals surface area contributed by atoms with Crippen molar-refractivity contribution in [1.29, 1.82) is 0 Å². The van der Waals surface area contributed by atoms with Crippen molar-refractivity contribution >= 4 is 17.5 Å². The number of hydrogen-bond donors (Lipinski definition) is 3. The lowest BCUT2D eigenvalue weighted by atomic mass is 9.95. The molecule has 2 aromatic carbocycles. The van der Waals surface area contributed by atoms with Crippen molar-refractivity contribution in [2.24, 2.45) is 5.73 Å². The lowest BCUT2D eigenvalue weighted by Crippen LogP contribution is -2.46. The molecule has 154 valence electrons. The second-order valence-corrected chi connectivity index (χ2v) is 7.84. The van der Waals surface area contributed by atoms with Crippen LogP contribution in [0.5, 0.6) is 0 Å². The van der Waals surface area contributed by atoms with Crippen molar-refractivity contribution in [3.8, 4) is 0 Å². The predicted octanol–water partition coefficient (Wildman–Crippen LogP) is 2.17. The van der Waals surface area contributed by atoms with Crippen molar-refractivity contribution < 1.29 is 9.59 Å². The van der Waals surface area contributed by atoms with Gasteiger partial charge < -0.3 is 16.4 Å². The molecule has 0 aromatic heterocycles. The summed E-state index contributed by atoms with van der Waals surface area (Å²) in [5.41, 5.74) is 10.3. The summed E-state index contributed by atoms with van der Waals surface area (Å²) in [6.07, 6.45) is 0. The fourth-order valence-electron chi connectivity index (χ4n) is 3.91. The molecule has 0 saturated carbocycles. The normalized spacial score (nSPS) is 20.3. The number of aryl methyl sites for hydroxylation is 2.